The molecular weight excluding hydrogens is 350 g/mol. The average molecular weight is 370 g/mol. The Morgan fingerprint density at radius 1 is 1.24 bits per heavy atom. The van der Waals surface area contributed by atoms with E-state index in [0.29, 0.717) is 13.2 Å². The van der Waals surface area contributed by atoms with E-state index >= 15 is 0 Å². The Morgan fingerprint density at radius 3 is 2.62 bits per heavy atom. The van der Waals surface area contributed by atoms with Crippen LogP contribution >= 0.6 is 27.3 Å². The van der Waals surface area contributed by atoms with E-state index in [9.17, 15) is 0 Å². The molecule has 1 heterocycles. The molecule has 0 saturated heterocycles. The molecule has 0 saturated carbocycles. The monoisotopic (exact) mass is 369 g/mol. The summed E-state index contributed by atoms with van der Waals surface area (Å²) in [5, 5.41) is 3.38. The van der Waals surface area contributed by atoms with E-state index in [4.69, 9.17) is 9.47 Å². The van der Waals surface area contributed by atoms with Crippen LogP contribution in [0.5, 0.6) is 5.75 Å². The third-order valence-electron chi connectivity index (χ3n) is 3.17. The van der Waals surface area contributed by atoms with Crippen molar-refractivity contribution in [1.29, 1.82) is 0 Å². The molecule has 2 aromatic rings. The minimum atomic E-state index is 0.202. The topological polar surface area (TPSA) is 30.5 Å². The quantitative estimate of drug-likeness (QED) is 0.743. The summed E-state index contributed by atoms with van der Waals surface area (Å²) in [6.45, 7) is 3.26. The van der Waals surface area contributed by atoms with Crippen molar-refractivity contribution in [1.82, 2.24) is 5.32 Å². The van der Waals surface area contributed by atoms with Crippen molar-refractivity contribution in [2.45, 2.75) is 13.0 Å². The number of thiophene rings is 1. The van der Waals surface area contributed by atoms with Crippen LogP contribution in [0.15, 0.2) is 34.8 Å². The molecule has 3 nitrogen and oxygen atoms in total. The Bertz CT molecular complexity index is 585. The van der Waals surface area contributed by atoms with Crippen molar-refractivity contribution >= 4 is 27.3 Å². The molecule has 0 radical (unpaired) electrons. The molecule has 0 aliphatic carbocycles. The number of nitrogens with one attached hydrogen (secondary N) is 1. The van der Waals surface area contributed by atoms with Gasteiger partial charge in [-0.25, -0.2) is 0 Å². The van der Waals surface area contributed by atoms with Gasteiger partial charge in [0.25, 0.3) is 0 Å². The summed E-state index contributed by atoms with van der Waals surface area (Å²) in [5.74, 6) is 0.841. The summed E-state index contributed by atoms with van der Waals surface area (Å²) in [5.41, 5.74) is 1.21. The number of hydrogen-bond acceptors (Lipinski definition) is 4. The lowest BCUT2D eigenvalue weighted by molar-refractivity contribution is 0.146. The summed E-state index contributed by atoms with van der Waals surface area (Å²) >= 11 is 5.40. The van der Waals surface area contributed by atoms with Crippen molar-refractivity contribution in [2.75, 3.05) is 27.4 Å². The van der Waals surface area contributed by atoms with Crippen LogP contribution in [0, 0.1) is 6.92 Å². The van der Waals surface area contributed by atoms with Gasteiger partial charge in [-0.1, -0.05) is 6.07 Å². The summed E-state index contributed by atoms with van der Waals surface area (Å²) in [4.78, 5) is 2.64. The van der Waals surface area contributed by atoms with E-state index in [1.807, 2.05) is 24.5 Å². The number of rotatable bonds is 7. The maximum Gasteiger partial charge on any atom is 0.133 e. The number of aryl methyl sites for hydroxylation is 1. The molecule has 1 aromatic carbocycles. The first-order valence-corrected chi connectivity index (χ1v) is 8.41. The molecule has 114 valence electrons. The molecule has 1 N–H and O–H groups in total. The molecule has 0 aliphatic rings. The van der Waals surface area contributed by atoms with Gasteiger partial charge < -0.3 is 14.8 Å². The van der Waals surface area contributed by atoms with E-state index in [1.165, 1.54) is 15.3 Å². The molecule has 0 spiro atoms. The normalized spacial score (nSPS) is 12.4. The molecule has 5 heteroatoms. The van der Waals surface area contributed by atoms with Gasteiger partial charge in [-0.05, 0) is 59.7 Å². The molecule has 0 aliphatic heterocycles. The number of halogens is 1. The number of ether oxygens (including phenoxy) is 2. The molecule has 1 atom stereocenters. The van der Waals surface area contributed by atoms with Crippen LogP contribution in [0.3, 0.4) is 0 Å². The lowest BCUT2D eigenvalue weighted by atomic mass is 10.1. The summed E-state index contributed by atoms with van der Waals surface area (Å²) < 4.78 is 11.6. The Hall–Kier alpha value is -0.880. The van der Waals surface area contributed by atoms with E-state index in [1.54, 1.807) is 7.11 Å². The van der Waals surface area contributed by atoms with Crippen LogP contribution in [0.1, 0.15) is 21.4 Å². The fourth-order valence-corrected chi connectivity index (χ4v) is 3.66. The smallest absolute Gasteiger partial charge is 0.133 e. The fraction of sp³-hybridized carbons (Fsp3) is 0.375. The van der Waals surface area contributed by atoms with Crippen molar-refractivity contribution in [3.05, 3.63) is 50.1 Å². The largest absolute Gasteiger partial charge is 0.490 e. The standard InChI is InChI=1S/C16H20BrNO2S/c1-11-4-7-15(21-11)16(18-2)12-5-6-14(13(17)10-12)20-9-8-19-3/h4-7,10,16,18H,8-9H2,1-3H3. The zero-order valence-corrected chi connectivity index (χ0v) is 14.9. The van der Waals surface area contributed by atoms with Crippen molar-refractivity contribution < 1.29 is 9.47 Å². The van der Waals surface area contributed by atoms with Gasteiger partial charge in [-0.2, -0.15) is 0 Å². The van der Waals surface area contributed by atoms with Gasteiger partial charge in [0.1, 0.15) is 12.4 Å². The fourth-order valence-electron chi connectivity index (χ4n) is 2.13. The molecule has 0 bridgehead atoms. The highest BCUT2D eigenvalue weighted by Gasteiger charge is 2.15. The zero-order valence-electron chi connectivity index (χ0n) is 12.5. The van der Waals surface area contributed by atoms with E-state index in [2.05, 4.69) is 52.4 Å². The maximum absolute atomic E-state index is 5.67. The summed E-state index contributed by atoms with van der Waals surface area (Å²) in [7, 11) is 3.65. The third kappa shape index (κ3) is 4.30. The average Bonchev–Trinajstić information content (AvgIpc) is 2.88. The minimum absolute atomic E-state index is 0.202. The van der Waals surface area contributed by atoms with Gasteiger partial charge in [0.15, 0.2) is 0 Å². The van der Waals surface area contributed by atoms with Gasteiger partial charge in [0.2, 0.25) is 0 Å². The lowest BCUT2D eigenvalue weighted by Crippen LogP contribution is -2.16. The predicted molar refractivity (Wildman–Crippen MR) is 91.5 cm³/mol. The van der Waals surface area contributed by atoms with Crippen LogP contribution in [-0.4, -0.2) is 27.4 Å². The molecule has 0 amide bonds. The Labute approximate surface area is 138 Å². The molecule has 0 fully saturated rings. The Balaban J connectivity index is 2.17. The number of methoxy groups -OCH3 is 1. The predicted octanol–water partition coefficient (Wildman–Crippen LogP) is 4.15. The second kappa shape index (κ2) is 7.94. The first-order chi connectivity index (χ1) is 10.2. The Morgan fingerprint density at radius 2 is 2.05 bits per heavy atom. The van der Waals surface area contributed by atoms with Gasteiger partial charge in [0.05, 0.1) is 17.1 Å². The molecule has 2 rings (SSSR count). The van der Waals surface area contributed by atoms with Crippen molar-refractivity contribution in [3.8, 4) is 5.75 Å². The minimum Gasteiger partial charge on any atom is -0.490 e. The first kappa shape index (κ1) is 16.5. The van der Waals surface area contributed by atoms with Crippen molar-refractivity contribution in [2.24, 2.45) is 0 Å². The van der Waals surface area contributed by atoms with Crippen LogP contribution in [0.2, 0.25) is 0 Å². The van der Waals surface area contributed by atoms with Crippen LogP contribution in [0.25, 0.3) is 0 Å². The van der Waals surface area contributed by atoms with E-state index < -0.39 is 0 Å². The lowest BCUT2D eigenvalue weighted by Gasteiger charge is -2.17. The second-order valence-corrected chi connectivity index (χ2v) is 6.88. The SMILES string of the molecule is CNC(c1ccc(OCCOC)c(Br)c1)c1ccc(C)s1. The number of hydrogen-bond donors (Lipinski definition) is 1. The summed E-state index contributed by atoms with van der Waals surface area (Å²) in [6.07, 6.45) is 0. The van der Waals surface area contributed by atoms with Gasteiger partial charge in [0, 0.05) is 16.9 Å². The Kier molecular flexibility index (Phi) is 6.23. The molecule has 1 aromatic heterocycles. The van der Waals surface area contributed by atoms with Crippen molar-refractivity contribution in [3.63, 3.8) is 0 Å². The first-order valence-electron chi connectivity index (χ1n) is 6.80. The second-order valence-electron chi connectivity index (χ2n) is 4.70. The van der Waals surface area contributed by atoms with Crippen LogP contribution in [0.4, 0.5) is 0 Å². The summed E-state index contributed by atoms with van der Waals surface area (Å²) in [6, 6.07) is 10.7. The maximum atomic E-state index is 5.67. The van der Waals surface area contributed by atoms with Gasteiger partial charge >= 0.3 is 0 Å². The highest BCUT2D eigenvalue weighted by molar-refractivity contribution is 9.10. The van der Waals surface area contributed by atoms with E-state index in [-0.39, 0.29) is 6.04 Å². The highest BCUT2D eigenvalue weighted by atomic mass is 79.9. The zero-order chi connectivity index (χ0) is 15.2. The van der Waals surface area contributed by atoms with Gasteiger partial charge in [-0.3, -0.25) is 0 Å². The van der Waals surface area contributed by atoms with E-state index in [0.717, 1.165) is 10.2 Å². The van der Waals surface area contributed by atoms with Crippen LogP contribution in [-0.2, 0) is 4.74 Å². The highest BCUT2D eigenvalue weighted by Crippen LogP contribution is 2.33. The molecule has 21 heavy (non-hydrogen) atoms. The molecular formula is C16H20BrNO2S. The third-order valence-corrected chi connectivity index (χ3v) is 4.85. The van der Waals surface area contributed by atoms with Crippen LogP contribution < -0.4 is 10.1 Å². The number of benzene rings is 1. The van der Waals surface area contributed by atoms with Gasteiger partial charge in [-0.15, -0.1) is 11.3 Å². The molecule has 1 unspecified atom stereocenters.